The lowest BCUT2D eigenvalue weighted by molar-refractivity contribution is -0.384. The third-order valence-electron chi connectivity index (χ3n) is 3.65. The van der Waals surface area contributed by atoms with Crippen LogP contribution in [-0.4, -0.2) is 33.8 Å². The highest BCUT2D eigenvalue weighted by molar-refractivity contribution is 8.14. The number of amidine groups is 1. The fourth-order valence-corrected chi connectivity index (χ4v) is 3.31. The summed E-state index contributed by atoms with van der Waals surface area (Å²) >= 11 is 1.78. The van der Waals surface area contributed by atoms with E-state index in [0.29, 0.717) is 0 Å². The molecule has 6 heteroatoms. The second kappa shape index (κ2) is 5.44. The standard InChI is InChI=1S/C14H17N3O2S/c1-10-8-12(17(18)19)4-5-13(10)15-14-16(6-7-20-14)9-11-2-3-11/h4-5,8,11H,2-3,6-7,9H2,1H3/b15-14-. The zero-order valence-electron chi connectivity index (χ0n) is 11.4. The largest absolute Gasteiger partial charge is 0.350 e. The quantitative estimate of drug-likeness (QED) is 0.630. The van der Waals surface area contributed by atoms with Gasteiger partial charge < -0.3 is 4.90 Å². The van der Waals surface area contributed by atoms with E-state index in [2.05, 4.69) is 4.90 Å². The van der Waals surface area contributed by atoms with Gasteiger partial charge in [0.05, 0.1) is 10.6 Å². The van der Waals surface area contributed by atoms with Crippen LogP contribution in [0, 0.1) is 23.0 Å². The number of benzene rings is 1. The van der Waals surface area contributed by atoms with Crippen molar-refractivity contribution in [2.75, 3.05) is 18.8 Å². The molecule has 0 amide bonds. The third kappa shape index (κ3) is 2.95. The summed E-state index contributed by atoms with van der Waals surface area (Å²) in [5.41, 5.74) is 1.81. The van der Waals surface area contributed by atoms with Crippen molar-refractivity contribution in [3.8, 4) is 0 Å². The van der Waals surface area contributed by atoms with Crippen LogP contribution in [0.2, 0.25) is 0 Å². The molecule has 0 aromatic heterocycles. The third-order valence-corrected chi connectivity index (χ3v) is 4.64. The number of thioether (sulfide) groups is 1. The molecule has 3 rings (SSSR count). The number of nitro benzene ring substituents is 1. The van der Waals surface area contributed by atoms with E-state index in [1.807, 2.05) is 6.92 Å². The summed E-state index contributed by atoms with van der Waals surface area (Å²) in [5.74, 6) is 1.93. The first kappa shape index (κ1) is 13.4. The number of nitro groups is 1. The van der Waals surface area contributed by atoms with Crippen molar-refractivity contribution >= 4 is 28.3 Å². The van der Waals surface area contributed by atoms with Crippen LogP contribution < -0.4 is 0 Å². The van der Waals surface area contributed by atoms with Crippen LogP contribution in [0.1, 0.15) is 18.4 Å². The molecule has 20 heavy (non-hydrogen) atoms. The highest BCUT2D eigenvalue weighted by Gasteiger charge is 2.28. The minimum absolute atomic E-state index is 0.125. The normalized spacial score (nSPS) is 20.6. The molecule has 106 valence electrons. The van der Waals surface area contributed by atoms with Crippen LogP contribution in [0.25, 0.3) is 0 Å². The summed E-state index contributed by atoms with van der Waals surface area (Å²) in [4.78, 5) is 17.4. The molecule has 2 fully saturated rings. The van der Waals surface area contributed by atoms with Crippen molar-refractivity contribution in [1.82, 2.24) is 4.90 Å². The van der Waals surface area contributed by atoms with E-state index in [-0.39, 0.29) is 10.6 Å². The van der Waals surface area contributed by atoms with E-state index in [0.717, 1.165) is 41.2 Å². The van der Waals surface area contributed by atoms with Gasteiger partial charge in [-0.15, -0.1) is 0 Å². The number of rotatable bonds is 4. The van der Waals surface area contributed by atoms with E-state index in [1.54, 1.807) is 23.9 Å². The number of aliphatic imine (C=N–C) groups is 1. The average molecular weight is 291 g/mol. The van der Waals surface area contributed by atoms with Crippen LogP contribution in [0.4, 0.5) is 11.4 Å². The predicted octanol–water partition coefficient (Wildman–Crippen LogP) is 3.35. The van der Waals surface area contributed by atoms with Gasteiger partial charge in [0.1, 0.15) is 0 Å². The number of non-ortho nitro benzene ring substituents is 1. The van der Waals surface area contributed by atoms with Gasteiger partial charge in [-0.1, -0.05) is 11.8 Å². The average Bonchev–Trinajstić information content (AvgIpc) is 3.12. The molecule has 0 radical (unpaired) electrons. The first-order chi connectivity index (χ1) is 9.63. The van der Waals surface area contributed by atoms with Gasteiger partial charge in [0.25, 0.3) is 5.69 Å². The van der Waals surface area contributed by atoms with E-state index >= 15 is 0 Å². The molecule has 0 unspecified atom stereocenters. The Morgan fingerprint density at radius 1 is 1.50 bits per heavy atom. The lowest BCUT2D eigenvalue weighted by Gasteiger charge is -2.17. The number of nitrogens with zero attached hydrogens (tertiary/aromatic N) is 3. The van der Waals surface area contributed by atoms with Gasteiger partial charge in [-0.3, -0.25) is 10.1 Å². The maximum absolute atomic E-state index is 10.7. The summed E-state index contributed by atoms with van der Waals surface area (Å²) in [6.45, 7) is 4.04. The van der Waals surface area contributed by atoms with Crippen LogP contribution in [-0.2, 0) is 0 Å². The molecular weight excluding hydrogens is 274 g/mol. The smallest absolute Gasteiger partial charge is 0.269 e. The molecule has 0 spiro atoms. The van der Waals surface area contributed by atoms with Gasteiger partial charge >= 0.3 is 0 Å². The second-order valence-corrected chi connectivity index (χ2v) is 6.42. The molecule has 1 aliphatic heterocycles. The first-order valence-electron chi connectivity index (χ1n) is 6.85. The molecule has 1 saturated carbocycles. The van der Waals surface area contributed by atoms with Gasteiger partial charge in [-0.2, -0.15) is 0 Å². The fourth-order valence-electron chi connectivity index (χ4n) is 2.30. The van der Waals surface area contributed by atoms with Crippen molar-refractivity contribution in [2.45, 2.75) is 19.8 Å². The first-order valence-corrected chi connectivity index (χ1v) is 7.83. The molecule has 1 heterocycles. The van der Waals surface area contributed by atoms with E-state index in [1.165, 1.54) is 18.9 Å². The Labute approximate surface area is 122 Å². The Bertz CT molecular complexity index is 570. The topological polar surface area (TPSA) is 58.7 Å². The Kier molecular flexibility index (Phi) is 3.65. The van der Waals surface area contributed by atoms with Crippen molar-refractivity contribution in [3.05, 3.63) is 33.9 Å². The molecule has 0 N–H and O–H groups in total. The second-order valence-electron chi connectivity index (χ2n) is 5.36. The van der Waals surface area contributed by atoms with Gasteiger partial charge in [0.2, 0.25) is 0 Å². The molecule has 1 aromatic rings. The van der Waals surface area contributed by atoms with Crippen molar-refractivity contribution in [3.63, 3.8) is 0 Å². The zero-order valence-corrected chi connectivity index (χ0v) is 12.2. The Morgan fingerprint density at radius 2 is 2.30 bits per heavy atom. The van der Waals surface area contributed by atoms with E-state index < -0.39 is 0 Å². The fraction of sp³-hybridized carbons (Fsp3) is 0.500. The van der Waals surface area contributed by atoms with Gasteiger partial charge in [0.15, 0.2) is 5.17 Å². The molecule has 2 aliphatic rings. The molecule has 1 saturated heterocycles. The summed E-state index contributed by atoms with van der Waals surface area (Å²) in [7, 11) is 0. The van der Waals surface area contributed by atoms with Crippen LogP contribution >= 0.6 is 11.8 Å². The molecular formula is C14H17N3O2S. The molecule has 0 bridgehead atoms. The lowest BCUT2D eigenvalue weighted by atomic mass is 10.2. The summed E-state index contributed by atoms with van der Waals surface area (Å²) in [6.07, 6.45) is 2.68. The summed E-state index contributed by atoms with van der Waals surface area (Å²) in [6, 6.07) is 4.86. The molecule has 0 atom stereocenters. The number of aryl methyl sites for hydroxylation is 1. The minimum atomic E-state index is -0.367. The monoisotopic (exact) mass is 291 g/mol. The van der Waals surface area contributed by atoms with E-state index in [4.69, 9.17) is 4.99 Å². The minimum Gasteiger partial charge on any atom is -0.350 e. The van der Waals surface area contributed by atoms with Crippen LogP contribution in [0.15, 0.2) is 23.2 Å². The highest BCUT2D eigenvalue weighted by atomic mass is 32.2. The molecule has 1 aromatic carbocycles. The van der Waals surface area contributed by atoms with Crippen molar-refractivity contribution < 1.29 is 4.92 Å². The lowest BCUT2D eigenvalue weighted by Crippen LogP contribution is -2.26. The van der Waals surface area contributed by atoms with Crippen LogP contribution in [0.3, 0.4) is 0 Å². The predicted molar refractivity (Wildman–Crippen MR) is 81.7 cm³/mol. The summed E-state index contributed by atoms with van der Waals surface area (Å²) in [5, 5.41) is 11.8. The van der Waals surface area contributed by atoms with E-state index in [9.17, 15) is 10.1 Å². The maximum Gasteiger partial charge on any atom is 0.269 e. The Hall–Kier alpha value is -1.56. The Morgan fingerprint density at radius 3 is 2.95 bits per heavy atom. The maximum atomic E-state index is 10.7. The zero-order chi connectivity index (χ0) is 14.1. The number of hydrogen-bond donors (Lipinski definition) is 0. The highest BCUT2D eigenvalue weighted by Crippen LogP contribution is 2.33. The van der Waals surface area contributed by atoms with Crippen molar-refractivity contribution in [2.24, 2.45) is 10.9 Å². The number of hydrogen-bond acceptors (Lipinski definition) is 4. The Balaban J connectivity index is 1.81. The SMILES string of the molecule is Cc1cc([N+](=O)[O-])ccc1/N=C1\SCCN1CC1CC1. The summed E-state index contributed by atoms with van der Waals surface area (Å²) < 4.78 is 0. The van der Waals surface area contributed by atoms with Gasteiger partial charge in [0, 0.05) is 31.0 Å². The van der Waals surface area contributed by atoms with Crippen molar-refractivity contribution in [1.29, 1.82) is 0 Å². The van der Waals surface area contributed by atoms with Crippen LogP contribution in [0.5, 0.6) is 0 Å². The van der Waals surface area contributed by atoms with Gasteiger partial charge in [-0.05, 0) is 37.3 Å². The van der Waals surface area contributed by atoms with Gasteiger partial charge in [-0.25, -0.2) is 4.99 Å². The molecule has 5 nitrogen and oxygen atoms in total. The molecule has 1 aliphatic carbocycles.